The van der Waals surface area contributed by atoms with E-state index in [4.69, 9.17) is 16.3 Å². The third-order valence-electron chi connectivity index (χ3n) is 6.15. The van der Waals surface area contributed by atoms with Crippen molar-refractivity contribution in [2.24, 2.45) is 0 Å². The van der Waals surface area contributed by atoms with Gasteiger partial charge in [-0.05, 0) is 108 Å². The number of unbranched alkanes of at least 4 members (excludes halogenated alkanes) is 2. The zero-order valence-electron chi connectivity index (χ0n) is 20.1. The zero-order valence-corrected chi connectivity index (χ0v) is 20.9. The Kier molecular flexibility index (Phi) is 10.7. The molecular weight excluding hydrogens is 434 g/mol. The maximum atomic E-state index is 12.5. The Labute approximate surface area is 204 Å². The number of carbonyl (C=O) groups is 1. The number of ether oxygens (including phenoxy) is 1. The summed E-state index contributed by atoms with van der Waals surface area (Å²) in [5.74, 6) is 0.806. The van der Waals surface area contributed by atoms with Crippen LogP contribution in [0, 0.1) is 0 Å². The number of rotatable bonds is 13. The summed E-state index contributed by atoms with van der Waals surface area (Å²) in [5.41, 5.74) is 1.29. The van der Waals surface area contributed by atoms with Crippen LogP contribution in [0.25, 0.3) is 0 Å². The van der Waals surface area contributed by atoms with Gasteiger partial charge in [0.2, 0.25) is 0 Å². The molecule has 0 radical (unpaired) electrons. The summed E-state index contributed by atoms with van der Waals surface area (Å²) in [6, 6.07) is 14.4. The second kappa shape index (κ2) is 13.7. The molecule has 2 aromatic rings. The summed E-state index contributed by atoms with van der Waals surface area (Å²) < 4.78 is 5.87. The zero-order chi connectivity index (χ0) is 23.5. The number of halogens is 1. The van der Waals surface area contributed by atoms with Crippen molar-refractivity contribution in [3.8, 4) is 5.75 Å². The molecule has 3 rings (SSSR count). The summed E-state index contributed by atoms with van der Waals surface area (Å²) in [6.45, 7) is 9.09. The lowest BCUT2D eigenvalue weighted by Crippen LogP contribution is -2.47. The molecular formula is C27H38ClN3O2. The average molecular weight is 472 g/mol. The van der Waals surface area contributed by atoms with Gasteiger partial charge in [0.15, 0.2) is 5.78 Å². The third-order valence-corrected chi connectivity index (χ3v) is 6.41. The van der Waals surface area contributed by atoms with E-state index < -0.39 is 0 Å². The van der Waals surface area contributed by atoms with Crippen molar-refractivity contribution < 1.29 is 9.53 Å². The van der Waals surface area contributed by atoms with Gasteiger partial charge in [0, 0.05) is 42.3 Å². The Bertz CT molecular complexity index is 831. The molecule has 0 atom stereocenters. The van der Waals surface area contributed by atoms with E-state index in [-0.39, 0.29) is 5.78 Å². The maximum absolute atomic E-state index is 12.5. The van der Waals surface area contributed by atoms with E-state index in [1.807, 2.05) is 24.3 Å². The van der Waals surface area contributed by atoms with Crippen molar-refractivity contribution in [2.45, 2.75) is 25.7 Å². The second-order valence-electron chi connectivity index (χ2n) is 9.11. The molecule has 0 bridgehead atoms. The minimum absolute atomic E-state index is 0.00684. The fraction of sp³-hybridized carbons (Fsp3) is 0.519. The Morgan fingerprint density at radius 1 is 0.818 bits per heavy atom. The number of piperazine rings is 1. The average Bonchev–Trinajstić information content (AvgIpc) is 2.82. The molecule has 0 spiro atoms. The predicted octanol–water partition coefficient (Wildman–Crippen LogP) is 4.69. The number of hydrogen-bond donors (Lipinski definition) is 0. The molecule has 2 aromatic carbocycles. The first-order valence-corrected chi connectivity index (χ1v) is 12.5. The molecule has 1 fully saturated rings. The lowest BCUT2D eigenvalue weighted by Gasteiger charge is -2.34. The van der Waals surface area contributed by atoms with Gasteiger partial charge in [-0.3, -0.25) is 4.79 Å². The Morgan fingerprint density at radius 3 is 1.94 bits per heavy atom. The quantitative estimate of drug-likeness (QED) is 0.313. The van der Waals surface area contributed by atoms with Crippen LogP contribution in [0.5, 0.6) is 5.75 Å². The van der Waals surface area contributed by atoms with Gasteiger partial charge in [-0.25, -0.2) is 0 Å². The Hall–Kier alpha value is -1.92. The van der Waals surface area contributed by atoms with Crippen LogP contribution >= 0.6 is 11.6 Å². The molecule has 5 nitrogen and oxygen atoms in total. The number of ketones is 1. The van der Waals surface area contributed by atoms with Crippen molar-refractivity contribution in [1.29, 1.82) is 0 Å². The number of hydrogen-bond acceptors (Lipinski definition) is 5. The SMILES string of the molecule is CN(C)CCCN1CCN(CCCCCOc2ccc(C(=O)c3ccc(Cl)cc3)cc2)CC1. The molecule has 1 aliphatic heterocycles. The van der Waals surface area contributed by atoms with Crippen LogP contribution in [-0.2, 0) is 0 Å². The molecule has 0 amide bonds. The van der Waals surface area contributed by atoms with Gasteiger partial charge in [-0.2, -0.15) is 0 Å². The van der Waals surface area contributed by atoms with Crippen molar-refractivity contribution in [1.82, 2.24) is 14.7 Å². The minimum Gasteiger partial charge on any atom is -0.494 e. The van der Waals surface area contributed by atoms with Crippen molar-refractivity contribution in [3.05, 3.63) is 64.7 Å². The fourth-order valence-electron chi connectivity index (χ4n) is 4.12. The van der Waals surface area contributed by atoms with Gasteiger partial charge in [-0.1, -0.05) is 11.6 Å². The molecule has 33 heavy (non-hydrogen) atoms. The number of benzene rings is 2. The van der Waals surface area contributed by atoms with Crippen LogP contribution in [0.4, 0.5) is 0 Å². The number of carbonyl (C=O) groups excluding carboxylic acids is 1. The second-order valence-corrected chi connectivity index (χ2v) is 9.55. The standard InChI is InChI=1S/C27H38ClN3O2/c1-29(2)15-6-17-31-20-18-30(19-21-31)16-4-3-5-22-33-26-13-9-24(10-14-26)27(32)23-7-11-25(28)12-8-23/h7-14H,3-6,15-22H2,1-2H3. The van der Waals surface area contributed by atoms with Crippen molar-refractivity contribution in [3.63, 3.8) is 0 Å². The highest BCUT2D eigenvalue weighted by Gasteiger charge is 2.16. The lowest BCUT2D eigenvalue weighted by atomic mass is 10.0. The van der Waals surface area contributed by atoms with Gasteiger partial charge in [0.25, 0.3) is 0 Å². The molecule has 6 heteroatoms. The molecule has 0 N–H and O–H groups in total. The van der Waals surface area contributed by atoms with Gasteiger partial charge in [0.1, 0.15) is 5.75 Å². The fourth-order valence-corrected chi connectivity index (χ4v) is 4.25. The van der Waals surface area contributed by atoms with E-state index in [9.17, 15) is 4.79 Å². The molecule has 0 aliphatic carbocycles. The first-order chi connectivity index (χ1) is 16.0. The van der Waals surface area contributed by atoms with E-state index in [1.54, 1.807) is 24.3 Å². The largest absolute Gasteiger partial charge is 0.494 e. The molecule has 0 unspecified atom stereocenters. The van der Waals surface area contributed by atoms with Crippen LogP contribution in [0.3, 0.4) is 0 Å². The van der Waals surface area contributed by atoms with Gasteiger partial charge in [0.05, 0.1) is 6.61 Å². The topological polar surface area (TPSA) is 36.0 Å². The normalized spacial score (nSPS) is 15.2. The molecule has 1 aliphatic rings. The third kappa shape index (κ3) is 9.09. The minimum atomic E-state index is -0.00684. The molecule has 1 saturated heterocycles. The molecule has 0 saturated carbocycles. The van der Waals surface area contributed by atoms with Crippen LogP contribution < -0.4 is 4.74 Å². The summed E-state index contributed by atoms with van der Waals surface area (Å²) in [4.78, 5) is 20.0. The monoisotopic (exact) mass is 471 g/mol. The highest BCUT2D eigenvalue weighted by atomic mass is 35.5. The first kappa shape index (κ1) is 25.7. The smallest absolute Gasteiger partial charge is 0.193 e. The first-order valence-electron chi connectivity index (χ1n) is 12.1. The highest BCUT2D eigenvalue weighted by Crippen LogP contribution is 2.17. The summed E-state index contributed by atoms with van der Waals surface area (Å²) in [6.07, 6.45) is 4.71. The van der Waals surface area contributed by atoms with E-state index in [2.05, 4.69) is 28.8 Å². The highest BCUT2D eigenvalue weighted by molar-refractivity contribution is 6.30. The molecule has 0 aromatic heterocycles. The molecule has 1 heterocycles. The number of nitrogens with zero attached hydrogens (tertiary/aromatic N) is 3. The van der Waals surface area contributed by atoms with Crippen LogP contribution in [-0.4, -0.2) is 87.0 Å². The van der Waals surface area contributed by atoms with Crippen LogP contribution in [0.1, 0.15) is 41.6 Å². The van der Waals surface area contributed by atoms with Gasteiger partial charge >= 0.3 is 0 Å². The van der Waals surface area contributed by atoms with Crippen molar-refractivity contribution in [2.75, 3.05) is 66.5 Å². The summed E-state index contributed by atoms with van der Waals surface area (Å²) in [5, 5.41) is 0.629. The van der Waals surface area contributed by atoms with E-state index in [1.165, 1.54) is 65.1 Å². The van der Waals surface area contributed by atoms with E-state index in [0.29, 0.717) is 22.8 Å². The van der Waals surface area contributed by atoms with Gasteiger partial charge < -0.3 is 19.4 Å². The lowest BCUT2D eigenvalue weighted by molar-refractivity contribution is 0.103. The van der Waals surface area contributed by atoms with E-state index in [0.717, 1.165) is 12.2 Å². The summed E-state index contributed by atoms with van der Waals surface area (Å²) >= 11 is 5.90. The summed E-state index contributed by atoms with van der Waals surface area (Å²) in [7, 11) is 4.29. The van der Waals surface area contributed by atoms with Gasteiger partial charge in [-0.15, -0.1) is 0 Å². The van der Waals surface area contributed by atoms with Crippen LogP contribution in [0.2, 0.25) is 5.02 Å². The van der Waals surface area contributed by atoms with Crippen LogP contribution in [0.15, 0.2) is 48.5 Å². The maximum Gasteiger partial charge on any atom is 0.193 e. The van der Waals surface area contributed by atoms with E-state index >= 15 is 0 Å². The molecule has 180 valence electrons. The Balaban J connectivity index is 1.25. The predicted molar refractivity (Wildman–Crippen MR) is 137 cm³/mol. The Morgan fingerprint density at radius 2 is 1.36 bits per heavy atom. The van der Waals surface area contributed by atoms with Crippen molar-refractivity contribution >= 4 is 17.4 Å².